The van der Waals surface area contributed by atoms with Crippen molar-refractivity contribution in [2.24, 2.45) is 11.3 Å². The molecular weight excluding hydrogens is 301 g/mol. The first kappa shape index (κ1) is 14.6. The zero-order valence-electron chi connectivity index (χ0n) is 12.8. The molecule has 1 nitrogen and oxygen atoms in total. The Morgan fingerprint density at radius 1 is 1.00 bits per heavy atom. The number of ether oxygens (including phenoxy) is 1. The zero-order valence-corrected chi connectivity index (χ0v) is 12.8. The van der Waals surface area contributed by atoms with E-state index in [1.165, 1.54) is 24.3 Å². The van der Waals surface area contributed by atoms with Crippen molar-refractivity contribution >= 4 is 0 Å². The SMILES string of the molecule is Cc1cc(Oc2ccc(C(F)(F)C34CC(C3)C4)cc2)ccc1F. The van der Waals surface area contributed by atoms with E-state index in [-0.39, 0.29) is 11.4 Å². The van der Waals surface area contributed by atoms with Gasteiger partial charge in [-0.1, -0.05) is 0 Å². The third kappa shape index (κ3) is 2.15. The fourth-order valence-electron chi connectivity index (χ4n) is 3.72. The molecule has 2 bridgehead atoms. The van der Waals surface area contributed by atoms with Gasteiger partial charge < -0.3 is 4.74 Å². The molecule has 3 aliphatic rings. The van der Waals surface area contributed by atoms with Crippen molar-refractivity contribution in [2.75, 3.05) is 0 Å². The molecule has 120 valence electrons. The minimum Gasteiger partial charge on any atom is -0.457 e. The van der Waals surface area contributed by atoms with Gasteiger partial charge in [-0.15, -0.1) is 0 Å². The molecular formula is C19H17F3O. The summed E-state index contributed by atoms with van der Waals surface area (Å²) in [5.74, 6) is -1.60. The number of hydrogen-bond donors (Lipinski definition) is 0. The normalized spacial score (nSPS) is 25.5. The quantitative estimate of drug-likeness (QED) is 0.690. The molecule has 2 aromatic carbocycles. The van der Waals surface area contributed by atoms with Crippen LogP contribution in [0.4, 0.5) is 13.2 Å². The summed E-state index contributed by atoms with van der Waals surface area (Å²) in [6.07, 6.45) is 1.94. The number of hydrogen-bond acceptors (Lipinski definition) is 1. The Labute approximate surface area is 133 Å². The van der Waals surface area contributed by atoms with E-state index >= 15 is 0 Å². The molecule has 3 aliphatic carbocycles. The number of halogens is 3. The third-order valence-electron chi connectivity index (χ3n) is 5.29. The summed E-state index contributed by atoms with van der Waals surface area (Å²) in [7, 11) is 0. The van der Waals surface area contributed by atoms with Crippen LogP contribution in [0.3, 0.4) is 0 Å². The second-order valence-corrected chi connectivity index (χ2v) is 6.87. The van der Waals surface area contributed by atoms with Gasteiger partial charge in [0, 0.05) is 11.0 Å². The van der Waals surface area contributed by atoms with Crippen LogP contribution in [0.2, 0.25) is 0 Å². The van der Waals surface area contributed by atoms with E-state index in [2.05, 4.69) is 0 Å². The smallest absolute Gasteiger partial charge is 0.278 e. The molecule has 0 spiro atoms. The van der Waals surface area contributed by atoms with Gasteiger partial charge in [0.25, 0.3) is 5.92 Å². The highest BCUT2D eigenvalue weighted by molar-refractivity contribution is 5.37. The molecule has 2 aromatic rings. The molecule has 0 aliphatic heterocycles. The van der Waals surface area contributed by atoms with Crippen LogP contribution in [0.25, 0.3) is 0 Å². The van der Waals surface area contributed by atoms with Gasteiger partial charge >= 0.3 is 0 Å². The maximum atomic E-state index is 14.6. The van der Waals surface area contributed by atoms with E-state index in [4.69, 9.17) is 4.74 Å². The standard InChI is InChI=1S/C19H17F3O/c1-12-8-16(6-7-17(12)20)23-15-4-2-14(3-5-15)19(21,22)18-9-13(10-18)11-18/h2-8,13H,9-11H2,1H3. The van der Waals surface area contributed by atoms with E-state index in [1.807, 2.05) is 0 Å². The summed E-state index contributed by atoms with van der Waals surface area (Å²) >= 11 is 0. The van der Waals surface area contributed by atoms with Crippen LogP contribution >= 0.6 is 0 Å². The fraction of sp³-hybridized carbons (Fsp3) is 0.368. The zero-order chi connectivity index (χ0) is 16.2. The van der Waals surface area contributed by atoms with Crippen LogP contribution in [0, 0.1) is 24.1 Å². The molecule has 23 heavy (non-hydrogen) atoms. The van der Waals surface area contributed by atoms with Crippen LogP contribution in [0.5, 0.6) is 11.5 Å². The molecule has 3 saturated carbocycles. The van der Waals surface area contributed by atoms with E-state index in [9.17, 15) is 13.2 Å². The number of rotatable bonds is 4. The first-order chi connectivity index (χ1) is 10.9. The molecule has 0 atom stereocenters. The monoisotopic (exact) mass is 318 g/mol. The predicted octanol–water partition coefficient (Wildman–Crippen LogP) is 5.82. The lowest BCUT2D eigenvalue weighted by atomic mass is 9.41. The summed E-state index contributed by atoms with van der Waals surface area (Å²) in [5.41, 5.74) is -0.263. The molecule has 0 saturated heterocycles. The van der Waals surface area contributed by atoms with Crippen molar-refractivity contribution in [3.63, 3.8) is 0 Å². The molecule has 0 aromatic heterocycles. The van der Waals surface area contributed by atoms with Gasteiger partial charge in [0.1, 0.15) is 17.3 Å². The Kier molecular flexibility index (Phi) is 3.03. The largest absolute Gasteiger partial charge is 0.457 e. The van der Waals surface area contributed by atoms with Gasteiger partial charge in [-0.3, -0.25) is 0 Å². The lowest BCUT2D eigenvalue weighted by Crippen LogP contribution is -2.60. The summed E-state index contributed by atoms with van der Waals surface area (Å²) in [4.78, 5) is 0. The Morgan fingerprint density at radius 3 is 2.13 bits per heavy atom. The van der Waals surface area contributed by atoms with E-state index in [0.29, 0.717) is 42.2 Å². The Hall–Kier alpha value is -1.97. The third-order valence-corrected chi connectivity index (χ3v) is 5.29. The molecule has 0 heterocycles. The Balaban J connectivity index is 1.52. The first-order valence-corrected chi connectivity index (χ1v) is 7.82. The Morgan fingerprint density at radius 2 is 1.61 bits per heavy atom. The van der Waals surface area contributed by atoms with Crippen LogP contribution in [-0.4, -0.2) is 0 Å². The highest BCUT2D eigenvalue weighted by Gasteiger charge is 2.69. The summed E-state index contributed by atoms with van der Waals surface area (Å²) < 4.78 is 48.0. The number of aryl methyl sites for hydroxylation is 1. The van der Waals surface area contributed by atoms with Crippen molar-refractivity contribution in [3.8, 4) is 11.5 Å². The molecule has 3 fully saturated rings. The molecule has 0 radical (unpaired) electrons. The van der Waals surface area contributed by atoms with Crippen molar-refractivity contribution in [1.82, 2.24) is 0 Å². The van der Waals surface area contributed by atoms with Gasteiger partial charge in [-0.25, -0.2) is 13.2 Å². The minimum absolute atomic E-state index is 0.0540. The summed E-state index contributed by atoms with van der Waals surface area (Å²) in [6, 6.07) is 10.4. The van der Waals surface area contributed by atoms with Gasteiger partial charge in [-0.2, -0.15) is 0 Å². The predicted molar refractivity (Wildman–Crippen MR) is 81.3 cm³/mol. The minimum atomic E-state index is -2.77. The van der Waals surface area contributed by atoms with Gasteiger partial charge in [-0.05, 0) is 80.1 Å². The fourth-order valence-corrected chi connectivity index (χ4v) is 3.72. The van der Waals surface area contributed by atoms with Crippen molar-refractivity contribution in [2.45, 2.75) is 32.1 Å². The average molecular weight is 318 g/mol. The average Bonchev–Trinajstić information content (AvgIpc) is 2.40. The highest BCUT2D eigenvalue weighted by atomic mass is 19.3. The Bertz CT molecular complexity index is 735. The van der Waals surface area contributed by atoms with Gasteiger partial charge in [0.2, 0.25) is 0 Å². The van der Waals surface area contributed by atoms with Crippen LogP contribution in [-0.2, 0) is 5.92 Å². The molecule has 5 rings (SSSR count). The molecule has 0 N–H and O–H groups in total. The topological polar surface area (TPSA) is 9.23 Å². The molecule has 0 unspecified atom stereocenters. The van der Waals surface area contributed by atoms with Crippen LogP contribution in [0.15, 0.2) is 42.5 Å². The highest BCUT2D eigenvalue weighted by Crippen LogP contribution is 2.73. The maximum absolute atomic E-state index is 14.6. The maximum Gasteiger partial charge on any atom is 0.278 e. The second kappa shape index (κ2) is 4.76. The van der Waals surface area contributed by atoms with E-state index in [1.54, 1.807) is 25.1 Å². The van der Waals surface area contributed by atoms with Crippen LogP contribution < -0.4 is 4.74 Å². The van der Waals surface area contributed by atoms with E-state index < -0.39 is 11.3 Å². The van der Waals surface area contributed by atoms with Gasteiger partial charge in [0.15, 0.2) is 0 Å². The van der Waals surface area contributed by atoms with Crippen molar-refractivity contribution in [1.29, 1.82) is 0 Å². The van der Waals surface area contributed by atoms with E-state index in [0.717, 1.165) is 0 Å². The van der Waals surface area contributed by atoms with Crippen molar-refractivity contribution < 1.29 is 17.9 Å². The number of alkyl halides is 2. The summed E-state index contributed by atoms with van der Waals surface area (Å²) in [5, 5.41) is 0. The van der Waals surface area contributed by atoms with Crippen molar-refractivity contribution in [3.05, 3.63) is 59.4 Å². The lowest BCUT2D eigenvalue weighted by Gasteiger charge is -2.64. The molecule has 4 heteroatoms. The summed E-state index contributed by atoms with van der Waals surface area (Å²) in [6.45, 7) is 1.65. The van der Waals surface area contributed by atoms with Gasteiger partial charge in [0.05, 0.1) is 0 Å². The first-order valence-electron chi connectivity index (χ1n) is 7.82. The number of benzene rings is 2. The lowest BCUT2D eigenvalue weighted by molar-refractivity contribution is -0.271. The van der Waals surface area contributed by atoms with Crippen LogP contribution in [0.1, 0.15) is 30.4 Å². The second-order valence-electron chi connectivity index (χ2n) is 6.87. The molecule has 0 amide bonds.